The molecule has 5 amide bonds. The van der Waals surface area contributed by atoms with Crippen LogP contribution in [0.3, 0.4) is 0 Å². The van der Waals surface area contributed by atoms with Crippen LogP contribution in [0.25, 0.3) is 0 Å². The normalized spacial score (nSPS) is 19.2. The van der Waals surface area contributed by atoms with E-state index in [9.17, 15) is 24.0 Å². The predicted molar refractivity (Wildman–Crippen MR) is 261 cm³/mol. The van der Waals surface area contributed by atoms with Crippen molar-refractivity contribution in [1.29, 1.82) is 0 Å². The minimum atomic E-state index is -3.43. The first-order chi connectivity index (χ1) is 33.4. The van der Waals surface area contributed by atoms with Crippen molar-refractivity contribution in [3.63, 3.8) is 0 Å². The summed E-state index contributed by atoms with van der Waals surface area (Å²) in [5.41, 5.74) is 0. The quantitative estimate of drug-likeness (QED) is 0.0319. The number of nitrogens with zero attached hydrogens (tertiary/aromatic N) is 1. The molecule has 0 saturated carbocycles. The van der Waals surface area contributed by atoms with Gasteiger partial charge in [0.1, 0.15) is 12.1 Å². The number of benzene rings is 3. The van der Waals surface area contributed by atoms with Crippen molar-refractivity contribution in [2.75, 3.05) is 93.0 Å². The van der Waals surface area contributed by atoms with E-state index in [0.29, 0.717) is 112 Å². The number of ether oxygens (including phenoxy) is 9. The van der Waals surface area contributed by atoms with Crippen LogP contribution < -0.4 is 100 Å². The Morgan fingerprint density at radius 1 is 0.667 bits per heavy atom. The van der Waals surface area contributed by atoms with Gasteiger partial charge in [-0.05, 0) is 19.3 Å². The van der Waals surface area contributed by atoms with Crippen LogP contribution in [0.2, 0.25) is 0 Å². The van der Waals surface area contributed by atoms with Crippen LogP contribution in [0.1, 0.15) is 32.1 Å². The fraction of sp³-hybridized carbons (Fsp3) is 0.500. The molecule has 378 valence electrons. The Kier molecular flexibility index (Phi) is 19.2. The van der Waals surface area contributed by atoms with Crippen LogP contribution in [0.15, 0.2) is 36.4 Å². The van der Waals surface area contributed by atoms with Crippen LogP contribution in [-0.4, -0.2) is 152 Å². The molecule has 6 rings (SSSR count). The molecule has 3 aromatic rings. The number of unbranched alkanes of at least 4 members (excludes halogenated alkanes) is 1. The number of halogens is 1. The fourth-order valence-corrected chi connectivity index (χ4v) is 24.9. The maximum absolute atomic E-state index is 14.6. The summed E-state index contributed by atoms with van der Waals surface area (Å²) in [6, 6.07) is 7.66. The van der Waals surface area contributed by atoms with Crippen molar-refractivity contribution >= 4 is 71.9 Å². The first kappa shape index (κ1) is 53.4. The zero-order valence-corrected chi connectivity index (χ0v) is 44.8. The molecule has 0 aliphatic carbocycles. The van der Waals surface area contributed by atoms with Crippen molar-refractivity contribution in [2.24, 2.45) is 0 Å². The molecule has 0 aromatic heterocycles. The van der Waals surface area contributed by atoms with E-state index in [0.717, 1.165) is 6.42 Å². The zero-order valence-electron chi connectivity index (χ0n) is 40.1. The Bertz CT molecular complexity index is 2140. The Morgan fingerprint density at radius 2 is 1.14 bits per heavy atom. The molecule has 3 heterocycles. The summed E-state index contributed by atoms with van der Waals surface area (Å²) in [7, 11) is 16.6. The first-order valence-corrected chi connectivity index (χ1v) is 30.6. The summed E-state index contributed by atoms with van der Waals surface area (Å²) >= 11 is -1.54. The van der Waals surface area contributed by atoms with E-state index >= 15 is 0 Å². The number of fused-ring (bicyclic) bond motifs is 1. The van der Waals surface area contributed by atoms with Gasteiger partial charge in [-0.3, -0.25) is 9.59 Å². The monoisotopic (exact) mass is 1130 g/mol. The van der Waals surface area contributed by atoms with Crippen LogP contribution in [-0.2, 0) is 24.0 Å². The molecule has 0 unspecified atom stereocenters. The van der Waals surface area contributed by atoms with Gasteiger partial charge in [0.05, 0.1) is 0 Å². The topological polar surface area (TPSA) is 220 Å². The second-order valence-electron chi connectivity index (χ2n) is 15.8. The third kappa shape index (κ3) is 11.7. The molecule has 3 aromatic carbocycles. The number of hydrogen-bond donors (Lipinski definition) is 4. The Balaban J connectivity index is 1.29. The van der Waals surface area contributed by atoms with Gasteiger partial charge < -0.3 is 10.2 Å². The molecule has 4 atom stereocenters. The van der Waals surface area contributed by atoms with Gasteiger partial charge in [0, 0.05) is 6.54 Å². The fourth-order valence-electron chi connectivity index (χ4n) is 8.47. The summed E-state index contributed by atoms with van der Waals surface area (Å²) in [5, 5.41) is 13.3. The maximum atomic E-state index is 14.6. The number of carbonyl (C=O) groups is 5. The van der Waals surface area contributed by atoms with Crippen LogP contribution in [0.5, 0.6) is 51.7 Å². The summed E-state index contributed by atoms with van der Waals surface area (Å²) in [6.07, 6.45) is 3.14. The second kappa shape index (κ2) is 24.8. The van der Waals surface area contributed by atoms with Gasteiger partial charge in [-0.15, -0.1) is 0 Å². The molecule has 4 N–H and O–H groups in total. The van der Waals surface area contributed by atoms with Gasteiger partial charge >= 0.3 is 353 Å². The second-order valence-corrected chi connectivity index (χ2v) is 28.2. The molecule has 3 aliphatic rings. The Hall–Kier alpha value is -4.93. The molecular formula is C46H61IN5O14PS2. The Labute approximate surface area is 420 Å². The third-order valence-corrected chi connectivity index (χ3v) is 27.1. The van der Waals surface area contributed by atoms with Crippen LogP contribution in [0.4, 0.5) is 0 Å². The standard InChI is InChI=1S/C46H61IN5O14PS2/c1-58-26-17-33(61-4)40(34(18-26)62-5)67(41-35(63-6)19-27(59-2)20-36(41)64-7,42-37(65-8)21-28(60-3)22-38(42)66-9)47-23-39(53)49-31-25-69-68-24-30(51-44(31)55)43(54)48-15-11-10-13-29-46(57)52-16-12-14-32(52)45(56)50-29/h17-22,29-32H,10-16,23-25H2,1-9H3,(H,48,54)(H,49,53)(H,50,56)(H,51,55)/t29-,30-,31-,32-/m0/s1. The number of methoxy groups -OCH3 is 9. The number of rotatable bonds is 22. The number of hydrogen-bond acceptors (Lipinski definition) is 16. The number of alkyl halides is 1. The molecule has 0 spiro atoms. The third-order valence-electron chi connectivity index (χ3n) is 11.9. The molecule has 3 fully saturated rings. The number of nitrogens with one attached hydrogen (secondary N) is 4. The molecule has 69 heavy (non-hydrogen) atoms. The first-order valence-electron chi connectivity index (χ1n) is 22.0. The van der Waals surface area contributed by atoms with Crippen molar-refractivity contribution in [2.45, 2.75) is 56.3 Å². The van der Waals surface area contributed by atoms with Crippen LogP contribution in [0, 0.1) is 0 Å². The van der Waals surface area contributed by atoms with Gasteiger partial charge in [-0.2, -0.15) is 0 Å². The van der Waals surface area contributed by atoms with E-state index in [1.807, 2.05) is 0 Å². The summed E-state index contributed by atoms with van der Waals surface area (Å²) < 4.78 is 54.2. The molecular weight excluding hydrogens is 1070 g/mol. The van der Waals surface area contributed by atoms with E-state index < -0.39 is 55.5 Å². The zero-order chi connectivity index (χ0) is 49.8. The van der Waals surface area contributed by atoms with E-state index in [2.05, 4.69) is 21.3 Å². The van der Waals surface area contributed by atoms with E-state index in [1.54, 1.807) is 41.3 Å². The van der Waals surface area contributed by atoms with Crippen molar-refractivity contribution in [3.05, 3.63) is 36.4 Å². The summed E-state index contributed by atoms with van der Waals surface area (Å²) in [4.78, 5) is 65.7. The van der Waals surface area contributed by atoms with Crippen molar-refractivity contribution < 1.29 is 87.3 Å². The average molecular weight is 1130 g/mol. The molecule has 0 radical (unpaired) electrons. The van der Waals surface area contributed by atoms with E-state index in [4.69, 9.17) is 42.6 Å². The molecule has 3 aliphatic heterocycles. The number of piperazine rings is 1. The average Bonchev–Trinajstić information content (AvgIpc) is 3.88. The Morgan fingerprint density at radius 3 is 1.61 bits per heavy atom. The molecule has 23 heteroatoms. The number of amides is 5. The molecule has 19 nitrogen and oxygen atoms in total. The van der Waals surface area contributed by atoms with Crippen molar-refractivity contribution in [1.82, 2.24) is 26.2 Å². The SMILES string of the molecule is COc1cc(OC)c([P+]([I-]CC(=O)N[C@H]2CSSC[C@@H](C(=O)NCCCC[C@@H]3NC(=O)[C@@H]4CCCN4C3=O)NC2=O)(c2c(OC)cc(OC)cc2OC)c2c(OC)cc(OC)cc2OC)c(OC)c1. The molecule has 0 bridgehead atoms. The predicted octanol–water partition coefficient (Wildman–Crippen LogP) is -0.798. The molecule has 3 saturated heterocycles. The van der Waals surface area contributed by atoms with Crippen molar-refractivity contribution in [3.8, 4) is 51.7 Å². The number of carbonyl (C=O) groups excluding carboxylic acids is 5. The van der Waals surface area contributed by atoms with Gasteiger partial charge in [-0.1, -0.05) is 0 Å². The van der Waals surface area contributed by atoms with E-state index in [-0.39, 0.29) is 33.9 Å². The van der Waals surface area contributed by atoms with Gasteiger partial charge in [-0.25, -0.2) is 0 Å². The van der Waals surface area contributed by atoms with Gasteiger partial charge in [0.15, 0.2) is 0 Å². The van der Waals surface area contributed by atoms with Gasteiger partial charge in [0.25, 0.3) is 0 Å². The van der Waals surface area contributed by atoms with Gasteiger partial charge in [0.2, 0.25) is 11.8 Å². The minimum absolute atomic E-state index is 0.0505. The summed E-state index contributed by atoms with van der Waals surface area (Å²) in [5.74, 6) is 2.73. The van der Waals surface area contributed by atoms with Crippen LogP contribution >= 0.6 is 26.5 Å². The summed E-state index contributed by atoms with van der Waals surface area (Å²) in [6.45, 7) is 0.915. The van der Waals surface area contributed by atoms with E-state index in [1.165, 1.54) is 85.6 Å².